The zero-order valence-electron chi connectivity index (χ0n) is 14.5. The van der Waals surface area contributed by atoms with Gasteiger partial charge in [-0.05, 0) is 12.1 Å². The van der Waals surface area contributed by atoms with E-state index in [1.54, 1.807) is 30.2 Å². The molecule has 25 heavy (non-hydrogen) atoms. The van der Waals surface area contributed by atoms with E-state index in [1.165, 1.54) is 6.20 Å². The Morgan fingerprint density at radius 3 is 2.60 bits per heavy atom. The van der Waals surface area contributed by atoms with E-state index in [2.05, 4.69) is 15.2 Å². The van der Waals surface area contributed by atoms with Crippen LogP contribution in [-0.2, 0) is 0 Å². The molecule has 1 fully saturated rings. The van der Waals surface area contributed by atoms with Crippen molar-refractivity contribution in [3.63, 3.8) is 0 Å². The van der Waals surface area contributed by atoms with Crippen molar-refractivity contribution in [1.29, 1.82) is 0 Å². The van der Waals surface area contributed by atoms with Crippen LogP contribution in [0.4, 0.5) is 5.82 Å². The lowest BCUT2D eigenvalue weighted by Gasteiger charge is -2.17. The summed E-state index contributed by atoms with van der Waals surface area (Å²) in [4.78, 5) is 20.2. The first-order chi connectivity index (χ1) is 12.1. The molecule has 132 valence electrons. The first-order valence-electron chi connectivity index (χ1n) is 8.04. The molecule has 0 N–H and O–H groups in total. The molecule has 1 aliphatic rings. The molecule has 0 unspecified atom stereocenters. The first-order valence-corrected chi connectivity index (χ1v) is 8.04. The highest BCUT2D eigenvalue weighted by Crippen LogP contribution is 2.19. The molecule has 2 aromatic rings. The van der Waals surface area contributed by atoms with E-state index in [0.29, 0.717) is 30.4 Å². The number of nitrogens with zero attached hydrogens (tertiary/aromatic N) is 5. The molecule has 0 saturated carbocycles. The summed E-state index contributed by atoms with van der Waals surface area (Å²) in [5.41, 5.74) is 0.538. The second-order valence-corrected chi connectivity index (χ2v) is 5.99. The number of anilines is 1. The number of carbonyl (C=O) groups is 1. The van der Waals surface area contributed by atoms with Gasteiger partial charge in [-0.2, -0.15) is 0 Å². The lowest BCUT2D eigenvalue weighted by molar-refractivity contribution is 0.0770. The average Bonchev–Trinajstić information content (AvgIpc) is 3.10. The third-order valence-electron chi connectivity index (χ3n) is 4.00. The molecule has 8 heteroatoms. The van der Waals surface area contributed by atoms with Crippen molar-refractivity contribution in [1.82, 2.24) is 20.1 Å². The van der Waals surface area contributed by atoms with Gasteiger partial charge in [-0.3, -0.25) is 4.79 Å². The highest BCUT2D eigenvalue weighted by atomic mass is 16.5. The Balaban J connectivity index is 1.58. The molecule has 0 aromatic carbocycles. The molecule has 1 saturated heterocycles. The summed E-state index contributed by atoms with van der Waals surface area (Å²) in [6, 6.07) is 7.04. The van der Waals surface area contributed by atoms with Crippen LogP contribution >= 0.6 is 0 Å². The summed E-state index contributed by atoms with van der Waals surface area (Å²) in [7, 11) is 5.35. The minimum Gasteiger partial charge on any atom is -0.481 e. The zero-order valence-corrected chi connectivity index (χ0v) is 14.5. The molecular formula is C17H21N5O3. The van der Waals surface area contributed by atoms with Crippen LogP contribution in [0.15, 0.2) is 30.5 Å². The highest BCUT2D eigenvalue weighted by Gasteiger charge is 2.28. The number of pyridine rings is 1. The fourth-order valence-electron chi connectivity index (χ4n) is 2.60. The predicted molar refractivity (Wildman–Crippen MR) is 92.1 cm³/mol. The van der Waals surface area contributed by atoms with Crippen LogP contribution in [0.2, 0.25) is 0 Å². The molecule has 3 rings (SSSR count). The molecule has 0 bridgehead atoms. The maximum Gasteiger partial charge on any atom is 0.255 e. The Labute approximate surface area is 146 Å². The Morgan fingerprint density at radius 1 is 1.20 bits per heavy atom. The van der Waals surface area contributed by atoms with E-state index < -0.39 is 0 Å². The summed E-state index contributed by atoms with van der Waals surface area (Å²) in [5, 5.41) is 8.16. The van der Waals surface area contributed by atoms with Crippen molar-refractivity contribution in [2.24, 2.45) is 0 Å². The van der Waals surface area contributed by atoms with Crippen molar-refractivity contribution in [3.8, 4) is 11.8 Å². The minimum absolute atomic E-state index is 0.0599. The van der Waals surface area contributed by atoms with Crippen LogP contribution in [0.1, 0.15) is 16.8 Å². The molecule has 0 spiro atoms. The van der Waals surface area contributed by atoms with Gasteiger partial charge in [0.1, 0.15) is 6.10 Å². The predicted octanol–water partition coefficient (Wildman–Crippen LogP) is 1.24. The Morgan fingerprint density at radius 2 is 2.00 bits per heavy atom. The van der Waals surface area contributed by atoms with E-state index in [1.807, 2.05) is 25.1 Å². The van der Waals surface area contributed by atoms with Crippen molar-refractivity contribution < 1.29 is 14.3 Å². The number of rotatable bonds is 5. The average molecular weight is 343 g/mol. The number of methoxy groups -OCH3 is 1. The molecule has 0 aliphatic carbocycles. The number of amides is 1. The SMILES string of the molecule is COc1ccc(C(=O)N2CC[C@H](Oc3ccc(N(C)C)nn3)C2)cn1. The van der Waals surface area contributed by atoms with Gasteiger partial charge in [0.25, 0.3) is 5.91 Å². The van der Waals surface area contributed by atoms with Crippen LogP contribution in [0, 0.1) is 0 Å². The second kappa shape index (κ2) is 7.33. The number of hydrogen-bond acceptors (Lipinski definition) is 7. The lowest BCUT2D eigenvalue weighted by Crippen LogP contribution is -2.31. The second-order valence-electron chi connectivity index (χ2n) is 5.99. The van der Waals surface area contributed by atoms with Gasteiger partial charge in [-0.1, -0.05) is 0 Å². The van der Waals surface area contributed by atoms with E-state index >= 15 is 0 Å². The van der Waals surface area contributed by atoms with E-state index in [4.69, 9.17) is 9.47 Å². The molecule has 3 heterocycles. The third kappa shape index (κ3) is 3.96. The van der Waals surface area contributed by atoms with Gasteiger partial charge >= 0.3 is 0 Å². The van der Waals surface area contributed by atoms with Gasteiger partial charge in [0, 0.05) is 45.4 Å². The quantitative estimate of drug-likeness (QED) is 0.808. The normalized spacial score (nSPS) is 16.6. The van der Waals surface area contributed by atoms with Crippen LogP contribution in [-0.4, -0.2) is 66.4 Å². The standard InChI is InChI=1S/C17H21N5O3/c1-21(2)14-5-7-16(20-19-14)25-13-8-9-22(11-13)17(23)12-4-6-15(24-3)18-10-12/h4-7,10,13H,8-9,11H2,1-3H3/t13-/m0/s1. The van der Waals surface area contributed by atoms with E-state index in [0.717, 1.165) is 12.2 Å². The third-order valence-corrected chi connectivity index (χ3v) is 4.00. The number of carbonyl (C=O) groups excluding carboxylic acids is 1. The van der Waals surface area contributed by atoms with Crippen LogP contribution < -0.4 is 14.4 Å². The molecule has 1 aliphatic heterocycles. The van der Waals surface area contributed by atoms with Gasteiger partial charge in [0.05, 0.1) is 19.2 Å². The van der Waals surface area contributed by atoms with Gasteiger partial charge in [0.2, 0.25) is 11.8 Å². The van der Waals surface area contributed by atoms with Gasteiger partial charge in [0.15, 0.2) is 5.82 Å². The number of likely N-dealkylation sites (tertiary alicyclic amines) is 1. The molecule has 2 aromatic heterocycles. The Kier molecular flexibility index (Phi) is 4.97. The Hall–Kier alpha value is -2.90. The molecule has 1 amide bonds. The molecule has 8 nitrogen and oxygen atoms in total. The maximum atomic E-state index is 12.5. The lowest BCUT2D eigenvalue weighted by atomic mass is 10.2. The summed E-state index contributed by atoms with van der Waals surface area (Å²) in [5.74, 6) is 1.66. The zero-order chi connectivity index (χ0) is 17.8. The number of aromatic nitrogens is 3. The van der Waals surface area contributed by atoms with Gasteiger partial charge in [-0.15, -0.1) is 10.2 Å². The fourth-order valence-corrected chi connectivity index (χ4v) is 2.60. The molecule has 0 radical (unpaired) electrons. The summed E-state index contributed by atoms with van der Waals surface area (Å²) in [6.07, 6.45) is 2.20. The topological polar surface area (TPSA) is 80.7 Å². The Bertz CT molecular complexity index is 718. The first kappa shape index (κ1) is 16.9. The van der Waals surface area contributed by atoms with E-state index in [9.17, 15) is 4.79 Å². The molecular weight excluding hydrogens is 322 g/mol. The smallest absolute Gasteiger partial charge is 0.255 e. The van der Waals surface area contributed by atoms with Crippen LogP contribution in [0.3, 0.4) is 0 Å². The van der Waals surface area contributed by atoms with Crippen LogP contribution in [0.25, 0.3) is 0 Å². The number of hydrogen-bond donors (Lipinski definition) is 0. The van der Waals surface area contributed by atoms with Crippen LogP contribution in [0.5, 0.6) is 11.8 Å². The monoisotopic (exact) mass is 343 g/mol. The van der Waals surface area contributed by atoms with E-state index in [-0.39, 0.29) is 12.0 Å². The van der Waals surface area contributed by atoms with Gasteiger partial charge in [-0.25, -0.2) is 4.98 Å². The van der Waals surface area contributed by atoms with Crippen molar-refractivity contribution in [2.75, 3.05) is 39.2 Å². The largest absolute Gasteiger partial charge is 0.481 e. The summed E-state index contributed by atoms with van der Waals surface area (Å²) in [6.45, 7) is 1.15. The minimum atomic E-state index is -0.0883. The molecule has 1 atom stereocenters. The van der Waals surface area contributed by atoms with Gasteiger partial charge < -0.3 is 19.3 Å². The van der Waals surface area contributed by atoms with Crippen molar-refractivity contribution >= 4 is 11.7 Å². The number of ether oxygens (including phenoxy) is 2. The highest BCUT2D eigenvalue weighted by molar-refractivity contribution is 5.94. The maximum absolute atomic E-state index is 12.5. The summed E-state index contributed by atoms with van der Waals surface area (Å²) < 4.78 is 10.9. The fraction of sp³-hybridized carbons (Fsp3) is 0.412. The summed E-state index contributed by atoms with van der Waals surface area (Å²) >= 11 is 0. The van der Waals surface area contributed by atoms with Crippen molar-refractivity contribution in [2.45, 2.75) is 12.5 Å². The van der Waals surface area contributed by atoms with Crippen molar-refractivity contribution in [3.05, 3.63) is 36.0 Å².